The smallest absolute Gasteiger partial charge is 0.311 e. The molecule has 3 rings (SSSR count). The number of aromatic nitrogens is 2. The molecule has 0 spiro atoms. The lowest BCUT2D eigenvalue weighted by Gasteiger charge is -2.16. The van der Waals surface area contributed by atoms with E-state index < -0.39 is 5.92 Å². The Kier molecular flexibility index (Phi) is 6.57. The van der Waals surface area contributed by atoms with Gasteiger partial charge in [-0.3, -0.25) is 14.7 Å². The molecule has 1 amide bonds. The second-order valence-electron chi connectivity index (χ2n) is 6.38. The Bertz CT molecular complexity index is 907. The van der Waals surface area contributed by atoms with Gasteiger partial charge in [0.2, 0.25) is 0 Å². The summed E-state index contributed by atoms with van der Waals surface area (Å²) in [5, 5.41) is 9.76. The second-order valence-corrected chi connectivity index (χ2v) is 6.38. The molecule has 1 aromatic heterocycles. The van der Waals surface area contributed by atoms with Gasteiger partial charge in [0, 0.05) is 12.1 Å². The quantitative estimate of drug-likeness (QED) is 0.590. The molecule has 1 unspecified atom stereocenters. The van der Waals surface area contributed by atoms with Crippen LogP contribution in [-0.2, 0) is 16.0 Å². The van der Waals surface area contributed by atoms with Crippen molar-refractivity contribution >= 4 is 11.9 Å². The number of hydrogen-bond acceptors (Lipinski definition) is 4. The fraction of sp³-hybridized carbons (Fsp3) is 0.227. The SMILES string of the molecule is CCOC(=O)C(CNC(=O)c1cc(-c2ccccc2)n[nH]1)Cc1ccccc1. The average Bonchev–Trinajstić information content (AvgIpc) is 3.23. The Balaban J connectivity index is 1.64. The van der Waals surface area contributed by atoms with E-state index in [9.17, 15) is 9.59 Å². The highest BCUT2D eigenvalue weighted by molar-refractivity contribution is 5.93. The van der Waals surface area contributed by atoms with Crippen molar-refractivity contribution in [2.75, 3.05) is 13.2 Å². The molecule has 0 saturated heterocycles. The monoisotopic (exact) mass is 377 g/mol. The highest BCUT2D eigenvalue weighted by atomic mass is 16.5. The van der Waals surface area contributed by atoms with Gasteiger partial charge in [-0.1, -0.05) is 60.7 Å². The van der Waals surface area contributed by atoms with E-state index in [4.69, 9.17) is 4.74 Å². The summed E-state index contributed by atoms with van der Waals surface area (Å²) in [6, 6.07) is 21.0. The molecule has 0 fully saturated rings. The summed E-state index contributed by atoms with van der Waals surface area (Å²) >= 11 is 0. The lowest BCUT2D eigenvalue weighted by molar-refractivity contribution is -0.147. The normalized spacial score (nSPS) is 11.6. The van der Waals surface area contributed by atoms with Crippen molar-refractivity contribution in [1.29, 1.82) is 0 Å². The summed E-state index contributed by atoms with van der Waals surface area (Å²) < 4.78 is 5.17. The number of benzene rings is 2. The Labute approximate surface area is 163 Å². The zero-order valence-electron chi connectivity index (χ0n) is 15.7. The van der Waals surface area contributed by atoms with E-state index in [1.807, 2.05) is 60.7 Å². The minimum atomic E-state index is -0.456. The summed E-state index contributed by atoms with van der Waals surface area (Å²) in [6.45, 7) is 2.26. The number of aromatic amines is 1. The van der Waals surface area contributed by atoms with Crippen molar-refractivity contribution in [3.63, 3.8) is 0 Å². The zero-order chi connectivity index (χ0) is 19.8. The third kappa shape index (κ3) is 5.07. The first-order valence-corrected chi connectivity index (χ1v) is 9.27. The molecule has 6 nitrogen and oxygen atoms in total. The van der Waals surface area contributed by atoms with E-state index in [0.717, 1.165) is 11.1 Å². The summed E-state index contributed by atoms with van der Waals surface area (Å²) in [6.07, 6.45) is 0.498. The van der Waals surface area contributed by atoms with Crippen LogP contribution >= 0.6 is 0 Å². The molecule has 0 radical (unpaired) electrons. The molecule has 144 valence electrons. The third-order valence-electron chi connectivity index (χ3n) is 4.35. The van der Waals surface area contributed by atoms with E-state index in [1.165, 1.54) is 0 Å². The molecule has 0 aliphatic heterocycles. The molecule has 0 aliphatic rings. The van der Waals surface area contributed by atoms with E-state index in [1.54, 1.807) is 13.0 Å². The number of carbonyl (C=O) groups excluding carboxylic acids is 2. The molecule has 0 bridgehead atoms. The number of H-pyrrole nitrogens is 1. The van der Waals surface area contributed by atoms with Gasteiger partial charge in [0.05, 0.1) is 18.2 Å². The number of carbonyl (C=O) groups is 2. The predicted molar refractivity (Wildman–Crippen MR) is 107 cm³/mol. The van der Waals surface area contributed by atoms with E-state index in [0.29, 0.717) is 24.4 Å². The number of rotatable bonds is 8. The van der Waals surface area contributed by atoms with Crippen LogP contribution in [0.2, 0.25) is 0 Å². The topological polar surface area (TPSA) is 84.1 Å². The van der Waals surface area contributed by atoms with Crippen LogP contribution in [-0.4, -0.2) is 35.2 Å². The van der Waals surface area contributed by atoms with Gasteiger partial charge < -0.3 is 10.1 Å². The molecule has 1 heterocycles. The van der Waals surface area contributed by atoms with Crippen molar-refractivity contribution in [1.82, 2.24) is 15.5 Å². The van der Waals surface area contributed by atoms with Crippen molar-refractivity contribution in [2.45, 2.75) is 13.3 Å². The first kappa shape index (κ1) is 19.4. The maximum atomic E-state index is 12.5. The van der Waals surface area contributed by atoms with Crippen LogP contribution in [0.4, 0.5) is 0 Å². The summed E-state index contributed by atoms with van der Waals surface area (Å²) in [5.74, 6) is -1.08. The van der Waals surface area contributed by atoms with E-state index >= 15 is 0 Å². The number of nitrogens with zero attached hydrogens (tertiary/aromatic N) is 1. The van der Waals surface area contributed by atoms with Crippen LogP contribution in [0.25, 0.3) is 11.3 Å². The van der Waals surface area contributed by atoms with Crippen molar-refractivity contribution < 1.29 is 14.3 Å². The van der Waals surface area contributed by atoms with Crippen LogP contribution in [0.1, 0.15) is 23.0 Å². The maximum Gasteiger partial charge on any atom is 0.311 e. The zero-order valence-corrected chi connectivity index (χ0v) is 15.7. The van der Waals surface area contributed by atoms with Gasteiger partial charge in [0.25, 0.3) is 5.91 Å². The Morgan fingerprint density at radius 3 is 2.43 bits per heavy atom. The fourth-order valence-corrected chi connectivity index (χ4v) is 2.90. The molecule has 0 saturated carbocycles. The van der Waals surface area contributed by atoms with Crippen LogP contribution in [0.3, 0.4) is 0 Å². The van der Waals surface area contributed by atoms with Crippen LogP contribution in [0, 0.1) is 5.92 Å². The molecule has 0 aliphatic carbocycles. The first-order valence-electron chi connectivity index (χ1n) is 9.27. The van der Waals surface area contributed by atoms with Gasteiger partial charge in [-0.2, -0.15) is 5.10 Å². The summed E-state index contributed by atoms with van der Waals surface area (Å²) in [4.78, 5) is 24.8. The van der Waals surface area contributed by atoms with Crippen LogP contribution in [0.5, 0.6) is 0 Å². The molecule has 2 aromatic carbocycles. The van der Waals surface area contributed by atoms with E-state index in [2.05, 4.69) is 15.5 Å². The Morgan fingerprint density at radius 2 is 1.75 bits per heavy atom. The molecule has 28 heavy (non-hydrogen) atoms. The number of esters is 1. The minimum absolute atomic E-state index is 0.187. The molecular formula is C22H23N3O3. The third-order valence-corrected chi connectivity index (χ3v) is 4.35. The summed E-state index contributed by atoms with van der Waals surface area (Å²) in [7, 11) is 0. The number of ether oxygens (including phenoxy) is 1. The molecule has 2 N–H and O–H groups in total. The van der Waals surface area contributed by atoms with Gasteiger partial charge in [-0.25, -0.2) is 0 Å². The molecule has 1 atom stereocenters. The van der Waals surface area contributed by atoms with Crippen LogP contribution in [0.15, 0.2) is 66.7 Å². The fourth-order valence-electron chi connectivity index (χ4n) is 2.90. The maximum absolute atomic E-state index is 12.5. The first-order chi connectivity index (χ1) is 13.7. The number of nitrogens with one attached hydrogen (secondary N) is 2. The van der Waals surface area contributed by atoms with Gasteiger partial charge in [0.1, 0.15) is 5.69 Å². The van der Waals surface area contributed by atoms with Gasteiger partial charge >= 0.3 is 5.97 Å². The number of hydrogen-bond donors (Lipinski definition) is 2. The van der Waals surface area contributed by atoms with Gasteiger partial charge in [-0.15, -0.1) is 0 Å². The average molecular weight is 377 g/mol. The molecule has 6 heteroatoms. The van der Waals surface area contributed by atoms with E-state index in [-0.39, 0.29) is 18.4 Å². The van der Waals surface area contributed by atoms with Crippen molar-refractivity contribution in [3.05, 3.63) is 78.0 Å². The Morgan fingerprint density at radius 1 is 1.07 bits per heavy atom. The van der Waals surface area contributed by atoms with Crippen molar-refractivity contribution in [3.8, 4) is 11.3 Å². The predicted octanol–water partition coefficient (Wildman–Crippen LogP) is 3.23. The minimum Gasteiger partial charge on any atom is -0.466 e. The largest absolute Gasteiger partial charge is 0.466 e. The van der Waals surface area contributed by atoms with Crippen LogP contribution < -0.4 is 5.32 Å². The summed E-state index contributed by atoms with van der Waals surface area (Å²) in [5.41, 5.74) is 2.98. The van der Waals surface area contributed by atoms with Gasteiger partial charge in [0.15, 0.2) is 0 Å². The molecule has 3 aromatic rings. The lowest BCUT2D eigenvalue weighted by Crippen LogP contribution is -2.35. The van der Waals surface area contributed by atoms with Gasteiger partial charge in [-0.05, 0) is 25.0 Å². The number of amides is 1. The second kappa shape index (κ2) is 9.50. The molecular weight excluding hydrogens is 354 g/mol. The lowest BCUT2D eigenvalue weighted by atomic mass is 9.99. The Hall–Kier alpha value is -3.41. The highest BCUT2D eigenvalue weighted by Gasteiger charge is 2.22. The highest BCUT2D eigenvalue weighted by Crippen LogP contribution is 2.17. The standard InChI is InChI=1S/C22H23N3O3/c1-2-28-22(27)18(13-16-9-5-3-6-10-16)15-23-21(26)20-14-19(24-25-20)17-11-7-4-8-12-17/h3-12,14,18H,2,13,15H2,1H3,(H,23,26)(H,24,25). The van der Waals surface area contributed by atoms with Crippen molar-refractivity contribution in [2.24, 2.45) is 5.92 Å².